The number of Topliss-reactive ketones (excluding diaryl/α,β-unsaturated/α-hetero) is 1. The fourth-order valence-electron chi connectivity index (χ4n) is 3.66. The molecule has 0 aliphatic rings. The average Bonchev–Trinajstić information content (AvgIpc) is 3.22. The van der Waals surface area contributed by atoms with Crippen LogP contribution in [0.25, 0.3) is 11.2 Å². The smallest absolute Gasteiger partial charge is 0.324 e. The van der Waals surface area contributed by atoms with Crippen LogP contribution < -0.4 is 16.6 Å². The Morgan fingerprint density at radius 2 is 1.69 bits per heavy atom. The second-order valence-electron chi connectivity index (χ2n) is 7.47. The number of nitrogens with zero attached hydrogens (tertiary/aromatic N) is 4. The minimum absolute atomic E-state index is 0.120. The van der Waals surface area contributed by atoms with E-state index in [1.807, 2.05) is 6.07 Å². The molecule has 4 rings (SSSR count). The molecule has 0 radical (unpaired) electrons. The van der Waals surface area contributed by atoms with Gasteiger partial charge in [-0.3, -0.25) is 23.5 Å². The van der Waals surface area contributed by atoms with E-state index in [1.54, 1.807) is 48.5 Å². The first-order chi connectivity index (χ1) is 15.3. The van der Waals surface area contributed by atoms with E-state index in [2.05, 4.69) is 10.3 Å². The molecular weight excluding hydrogens is 410 g/mol. The van der Waals surface area contributed by atoms with Crippen LogP contribution in [0.15, 0.2) is 70.5 Å². The average molecular weight is 431 g/mol. The van der Waals surface area contributed by atoms with E-state index in [0.29, 0.717) is 16.8 Å². The van der Waals surface area contributed by atoms with E-state index in [1.165, 1.54) is 36.5 Å². The van der Waals surface area contributed by atoms with E-state index < -0.39 is 23.2 Å². The van der Waals surface area contributed by atoms with E-state index in [9.17, 15) is 19.2 Å². The molecule has 9 nitrogen and oxygen atoms in total. The van der Waals surface area contributed by atoms with E-state index in [-0.39, 0.29) is 16.9 Å². The third-order valence-electron chi connectivity index (χ3n) is 5.35. The number of amides is 1. The van der Waals surface area contributed by atoms with Gasteiger partial charge in [0.15, 0.2) is 16.9 Å². The summed E-state index contributed by atoms with van der Waals surface area (Å²) in [5, 5.41) is 2.83. The minimum atomic E-state index is -0.938. The lowest BCUT2D eigenvalue weighted by atomic mass is 10.1. The van der Waals surface area contributed by atoms with Gasteiger partial charge in [0.25, 0.3) is 11.5 Å². The summed E-state index contributed by atoms with van der Waals surface area (Å²) in [4.78, 5) is 54.6. The van der Waals surface area contributed by atoms with Crippen LogP contribution in [0.5, 0.6) is 0 Å². The van der Waals surface area contributed by atoms with Crippen LogP contribution in [0, 0.1) is 0 Å². The Hall–Kier alpha value is -4.27. The van der Waals surface area contributed by atoms with Crippen molar-refractivity contribution in [2.75, 3.05) is 5.32 Å². The van der Waals surface area contributed by atoms with Crippen LogP contribution in [0.1, 0.15) is 28.9 Å². The van der Waals surface area contributed by atoms with Gasteiger partial charge in [-0.25, -0.2) is 9.78 Å². The van der Waals surface area contributed by atoms with Crippen molar-refractivity contribution < 1.29 is 9.59 Å². The van der Waals surface area contributed by atoms with Crippen molar-refractivity contribution in [1.29, 1.82) is 0 Å². The maximum Gasteiger partial charge on any atom is 0.332 e. The number of imidazole rings is 1. The molecule has 32 heavy (non-hydrogen) atoms. The molecule has 0 aliphatic carbocycles. The molecule has 0 saturated heterocycles. The Labute approximate surface area is 182 Å². The molecular formula is C23H21N5O4. The van der Waals surface area contributed by atoms with Crippen LogP contribution in [0.3, 0.4) is 0 Å². The zero-order valence-electron chi connectivity index (χ0n) is 17.8. The number of aromatic nitrogens is 4. The van der Waals surface area contributed by atoms with Crippen LogP contribution in [0.4, 0.5) is 5.69 Å². The fraction of sp³-hybridized carbons (Fsp3) is 0.174. The Morgan fingerprint density at radius 1 is 0.969 bits per heavy atom. The third kappa shape index (κ3) is 3.53. The fourth-order valence-corrected chi connectivity index (χ4v) is 3.66. The van der Waals surface area contributed by atoms with Crippen LogP contribution in [-0.4, -0.2) is 30.4 Å². The number of carbonyl (C=O) groups is 2. The number of hydrogen-bond donors (Lipinski definition) is 1. The molecule has 2 heterocycles. The predicted octanol–water partition coefficient (Wildman–Crippen LogP) is 1.86. The van der Waals surface area contributed by atoms with Crippen molar-refractivity contribution in [1.82, 2.24) is 18.7 Å². The zero-order valence-corrected chi connectivity index (χ0v) is 17.8. The molecule has 0 fully saturated rings. The van der Waals surface area contributed by atoms with Crippen molar-refractivity contribution in [3.05, 3.63) is 92.9 Å². The summed E-state index contributed by atoms with van der Waals surface area (Å²) < 4.78 is 3.72. The molecule has 1 atom stereocenters. The first-order valence-electron chi connectivity index (χ1n) is 9.89. The summed E-state index contributed by atoms with van der Waals surface area (Å²) >= 11 is 0. The Kier molecular flexibility index (Phi) is 5.31. The van der Waals surface area contributed by atoms with Gasteiger partial charge in [0.05, 0.1) is 6.33 Å². The molecule has 2 aromatic heterocycles. The van der Waals surface area contributed by atoms with Gasteiger partial charge in [-0.15, -0.1) is 0 Å². The highest BCUT2D eigenvalue weighted by Crippen LogP contribution is 2.24. The predicted molar refractivity (Wildman–Crippen MR) is 120 cm³/mol. The Morgan fingerprint density at radius 3 is 2.38 bits per heavy atom. The summed E-state index contributed by atoms with van der Waals surface area (Å²) in [5.41, 5.74) is 0.816. The number of hydrogen-bond acceptors (Lipinski definition) is 5. The van der Waals surface area contributed by atoms with Gasteiger partial charge in [-0.05, 0) is 24.6 Å². The normalized spacial score (nSPS) is 12.0. The number of benzene rings is 2. The molecule has 0 saturated carbocycles. The van der Waals surface area contributed by atoms with Gasteiger partial charge >= 0.3 is 5.69 Å². The Balaban J connectivity index is 1.88. The summed E-state index contributed by atoms with van der Waals surface area (Å²) in [6.45, 7) is 1.45. The van der Waals surface area contributed by atoms with E-state index in [0.717, 1.165) is 4.57 Å². The second-order valence-corrected chi connectivity index (χ2v) is 7.47. The number of anilines is 1. The Bertz CT molecular complexity index is 1460. The summed E-state index contributed by atoms with van der Waals surface area (Å²) in [7, 11) is 2.90. The van der Waals surface area contributed by atoms with Gasteiger partial charge in [-0.2, -0.15) is 0 Å². The largest absolute Gasteiger partial charge is 0.332 e. The van der Waals surface area contributed by atoms with Gasteiger partial charge in [-0.1, -0.05) is 42.5 Å². The molecule has 162 valence electrons. The number of carbonyl (C=O) groups excluding carboxylic acids is 2. The lowest BCUT2D eigenvalue weighted by molar-refractivity contribution is -0.118. The zero-order chi connectivity index (χ0) is 23.0. The lowest BCUT2D eigenvalue weighted by Gasteiger charge is -2.20. The van der Waals surface area contributed by atoms with Crippen molar-refractivity contribution in [3.63, 3.8) is 0 Å². The summed E-state index contributed by atoms with van der Waals surface area (Å²) in [5.74, 6) is -0.544. The van der Waals surface area contributed by atoms with Gasteiger partial charge in [0.1, 0.15) is 6.04 Å². The van der Waals surface area contributed by atoms with Crippen molar-refractivity contribution in [3.8, 4) is 0 Å². The second kappa shape index (κ2) is 8.10. The lowest BCUT2D eigenvalue weighted by Crippen LogP contribution is -2.38. The first kappa shape index (κ1) is 21.0. The highest BCUT2D eigenvalue weighted by molar-refractivity contribution is 5.99. The van der Waals surface area contributed by atoms with Gasteiger partial charge in [0, 0.05) is 25.3 Å². The third-order valence-corrected chi connectivity index (χ3v) is 5.35. The molecule has 4 aromatic rings. The topological polar surface area (TPSA) is 108 Å². The summed E-state index contributed by atoms with van der Waals surface area (Å²) in [6, 6.07) is 14.6. The maximum atomic E-state index is 13.5. The number of rotatable bonds is 5. The SMILES string of the molecule is CC(=O)c1cccc(NC(=O)C(c2ccccc2)n2cnc3c2c(=O)n(C)c(=O)n3C)c1. The molecule has 2 aromatic carbocycles. The molecule has 0 spiro atoms. The van der Waals surface area contributed by atoms with Crippen molar-refractivity contribution in [2.45, 2.75) is 13.0 Å². The standard InChI is InChI=1S/C23H21N5O4/c1-14(29)16-10-7-11-17(12-16)25-21(30)18(15-8-5-4-6-9-15)28-13-24-20-19(28)22(31)27(3)23(32)26(20)2/h4-13,18H,1-3H3,(H,25,30). The monoisotopic (exact) mass is 431 g/mol. The van der Waals surface area contributed by atoms with Gasteiger partial charge < -0.3 is 9.88 Å². The molecule has 1 unspecified atom stereocenters. The molecule has 0 bridgehead atoms. The quantitative estimate of drug-likeness (QED) is 0.486. The van der Waals surface area contributed by atoms with Crippen molar-refractivity contribution >= 4 is 28.5 Å². The number of fused-ring (bicyclic) bond motifs is 1. The number of nitrogens with one attached hydrogen (secondary N) is 1. The number of ketones is 1. The molecule has 1 N–H and O–H groups in total. The van der Waals surface area contributed by atoms with Crippen LogP contribution in [-0.2, 0) is 18.9 Å². The maximum absolute atomic E-state index is 13.5. The first-order valence-corrected chi connectivity index (χ1v) is 9.89. The van der Waals surface area contributed by atoms with Crippen molar-refractivity contribution in [2.24, 2.45) is 14.1 Å². The van der Waals surface area contributed by atoms with Crippen LogP contribution >= 0.6 is 0 Å². The molecule has 9 heteroatoms. The van der Waals surface area contributed by atoms with E-state index in [4.69, 9.17) is 0 Å². The highest BCUT2D eigenvalue weighted by atomic mass is 16.2. The highest BCUT2D eigenvalue weighted by Gasteiger charge is 2.27. The summed E-state index contributed by atoms with van der Waals surface area (Å²) in [6.07, 6.45) is 1.38. The minimum Gasteiger partial charge on any atom is -0.324 e. The van der Waals surface area contributed by atoms with Crippen LogP contribution in [0.2, 0.25) is 0 Å². The molecule has 1 amide bonds. The molecule has 0 aliphatic heterocycles. The van der Waals surface area contributed by atoms with E-state index >= 15 is 0 Å². The van der Waals surface area contributed by atoms with Gasteiger partial charge in [0.2, 0.25) is 0 Å². The number of aryl methyl sites for hydroxylation is 1.